The van der Waals surface area contributed by atoms with Crippen LogP contribution >= 0.6 is 0 Å². The first kappa shape index (κ1) is 14.1. The Balaban J connectivity index is 1.66. The molecule has 2 aromatic heterocycles. The Morgan fingerprint density at radius 3 is 3.09 bits per heavy atom. The molecule has 1 atom stereocenters. The zero-order chi connectivity index (χ0) is 15.5. The van der Waals surface area contributed by atoms with Crippen molar-refractivity contribution in [3.63, 3.8) is 0 Å². The summed E-state index contributed by atoms with van der Waals surface area (Å²) in [4.78, 5) is 18.3. The standard InChI is InChI=1S/C16H16N4O2/c1-19-10-12(8-17)7-15(19)16(21)20-6-4-14(11-20)22-13-3-2-5-18-9-13/h2-3,5,7,9-10,14H,4,6,11H2,1H3. The van der Waals surface area contributed by atoms with Gasteiger partial charge in [-0.3, -0.25) is 9.78 Å². The van der Waals surface area contributed by atoms with E-state index in [2.05, 4.69) is 11.1 Å². The average Bonchev–Trinajstić information content (AvgIpc) is 3.14. The highest BCUT2D eigenvalue weighted by atomic mass is 16.5. The summed E-state index contributed by atoms with van der Waals surface area (Å²) < 4.78 is 7.52. The molecule has 0 bridgehead atoms. The number of hydrogen-bond donors (Lipinski definition) is 0. The summed E-state index contributed by atoms with van der Waals surface area (Å²) in [7, 11) is 1.77. The molecule has 0 aliphatic carbocycles. The molecule has 22 heavy (non-hydrogen) atoms. The maximum Gasteiger partial charge on any atom is 0.270 e. The second-order valence-corrected chi connectivity index (χ2v) is 5.31. The third kappa shape index (κ3) is 2.79. The number of nitrogens with zero attached hydrogens (tertiary/aromatic N) is 4. The van der Waals surface area contributed by atoms with Gasteiger partial charge in [-0.2, -0.15) is 5.26 Å². The van der Waals surface area contributed by atoms with Crippen molar-refractivity contribution < 1.29 is 9.53 Å². The number of rotatable bonds is 3. The minimum Gasteiger partial charge on any atom is -0.487 e. The number of pyridine rings is 1. The number of nitriles is 1. The maximum absolute atomic E-state index is 12.5. The lowest BCUT2D eigenvalue weighted by atomic mass is 10.3. The summed E-state index contributed by atoms with van der Waals surface area (Å²) in [6, 6.07) is 7.35. The van der Waals surface area contributed by atoms with E-state index in [1.165, 1.54) is 0 Å². The van der Waals surface area contributed by atoms with E-state index in [4.69, 9.17) is 10.00 Å². The van der Waals surface area contributed by atoms with Crippen LogP contribution in [-0.4, -0.2) is 39.6 Å². The molecular weight excluding hydrogens is 280 g/mol. The predicted octanol–water partition coefficient (Wildman–Crippen LogP) is 1.59. The first-order valence-corrected chi connectivity index (χ1v) is 7.10. The van der Waals surface area contributed by atoms with Gasteiger partial charge < -0.3 is 14.2 Å². The Labute approximate surface area is 128 Å². The fourth-order valence-electron chi connectivity index (χ4n) is 2.62. The molecule has 1 unspecified atom stereocenters. The molecule has 2 aromatic rings. The molecule has 0 aromatic carbocycles. The van der Waals surface area contributed by atoms with Gasteiger partial charge in [-0.25, -0.2) is 0 Å². The molecule has 112 valence electrons. The molecule has 1 fully saturated rings. The third-order valence-electron chi connectivity index (χ3n) is 3.72. The molecule has 0 saturated carbocycles. The Hall–Kier alpha value is -2.81. The molecule has 6 heteroatoms. The molecule has 3 rings (SSSR count). The lowest BCUT2D eigenvalue weighted by Crippen LogP contribution is -2.32. The van der Waals surface area contributed by atoms with Gasteiger partial charge in [0.1, 0.15) is 23.6 Å². The fourth-order valence-corrected chi connectivity index (χ4v) is 2.62. The number of ether oxygens (including phenoxy) is 1. The highest BCUT2D eigenvalue weighted by molar-refractivity contribution is 5.93. The molecule has 1 aliphatic rings. The van der Waals surface area contributed by atoms with E-state index in [0.717, 1.165) is 6.42 Å². The van der Waals surface area contributed by atoms with Crippen LogP contribution in [0, 0.1) is 11.3 Å². The molecule has 1 saturated heterocycles. The minimum atomic E-state index is -0.0683. The summed E-state index contributed by atoms with van der Waals surface area (Å²) in [6.45, 7) is 1.19. The molecule has 0 spiro atoms. The first-order chi connectivity index (χ1) is 10.7. The number of amides is 1. The lowest BCUT2D eigenvalue weighted by Gasteiger charge is -2.17. The van der Waals surface area contributed by atoms with Crippen molar-refractivity contribution in [2.45, 2.75) is 12.5 Å². The zero-order valence-corrected chi connectivity index (χ0v) is 12.3. The van der Waals surface area contributed by atoms with Crippen LogP contribution in [0.2, 0.25) is 0 Å². The molecule has 3 heterocycles. The maximum atomic E-state index is 12.5. The number of carbonyl (C=O) groups excluding carboxylic acids is 1. The van der Waals surface area contributed by atoms with Crippen LogP contribution in [0.3, 0.4) is 0 Å². The van der Waals surface area contributed by atoms with E-state index in [0.29, 0.717) is 30.1 Å². The molecule has 1 amide bonds. The van der Waals surface area contributed by atoms with Gasteiger partial charge in [-0.1, -0.05) is 0 Å². The highest BCUT2D eigenvalue weighted by Gasteiger charge is 2.29. The first-order valence-electron chi connectivity index (χ1n) is 7.10. The van der Waals surface area contributed by atoms with Gasteiger partial charge in [0.2, 0.25) is 0 Å². The summed E-state index contributed by atoms with van der Waals surface area (Å²) in [5.74, 6) is 0.647. The van der Waals surface area contributed by atoms with Gasteiger partial charge in [0.25, 0.3) is 5.91 Å². The second-order valence-electron chi connectivity index (χ2n) is 5.31. The third-order valence-corrected chi connectivity index (χ3v) is 3.72. The monoisotopic (exact) mass is 296 g/mol. The van der Waals surface area contributed by atoms with Crippen molar-refractivity contribution in [1.29, 1.82) is 5.26 Å². The number of carbonyl (C=O) groups is 1. The molecule has 0 radical (unpaired) electrons. The van der Waals surface area contributed by atoms with E-state index < -0.39 is 0 Å². The van der Waals surface area contributed by atoms with Gasteiger partial charge in [-0.15, -0.1) is 0 Å². The number of hydrogen-bond acceptors (Lipinski definition) is 4. The van der Waals surface area contributed by atoms with Gasteiger partial charge in [-0.05, 0) is 18.2 Å². The Morgan fingerprint density at radius 2 is 2.41 bits per heavy atom. The summed E-state index contributed by atoms with van der Waals surface area (Å²) in [5.41, 5.74) is 1.02. The normalized spacial score (nSPS) is 17.3. The molecule has 1 aliphatic heterocycles. The summed E-state index contributed by atoms with van der Waals surface area (Å²) in [5, 5.41) is 8.91. The van der Waals surface area contributed by atoms with E-state index in [1.54, 1.807) is 41.2 Å². The molecule has 6 nitrogen and oxygen atoms in total. The van der Waals surface area contributed by atoms with E-state index in [-0.39, 0.29) is 12.0 Å². The predicted molar refractivity (Wildman–Crippen MR) is 79.3 cm³/mol. The van der Waals surface area contributed by atoms with Crippen LogP contribution in [0.25, 0.3) is 0 Å². The van der Waals surface area contributed by atoms with Crippen LogP contribution < -0.4 is 4.74 Å². The quantitative estimate of drug-likeness (QED) is 0.862. The number of aromatic nitrogens is 2. The average molecular weight is 296 g/mol. The Morgan fingerprint density at radius 1 is 1.55 bits per heavy atom. The van der Waals surface area contributed by atoms with E-state index >= 15 is 0 Å². The number of likely N-dealkylation sites (tertiary alicyclic amines) is 1. The molecular formula is C16H16N4O2. The SMILES string of the molecule is Cn1cc(C#N)cc1C(=O)N1CCC(Oc2cccnc2)C1. The van der Waals surface area contributed by atoms with Crippen molar-refractivity contribution in [3.8, 4) is 11.8 Å². The second kappa shape index (κ2) is 5.90. The van der Waals surface area contributed by atoms with Gasteiger partial charge in [0, 0.05) is 32.4 Å². The summed E-state index contributed by atoms with van der Waals surface area (Å²) >= 11 is 0. The molecule has 0 N–H and O–H groups in total. The highest BCUT2D eigenvalue weighted by Crippen LogP contribution is 2.19. The van der Waals surface area contributed by atoms with Crippen molar-refractivity contribution >= 4 is 5.91 Å². The largest absolute Gasteiger partial charge is 0.487 e. The van der Waals surface area contributed by atoms with Crippen molar-refractivity contribution in [2.75, 3.05) is 13.1 Å². The van der Waals surface area contributed by atoms with Crippen LogP contribution in [-0.2, 0) is 7.05 Å². The van der Waals surface area contributed by atoms with Crippen LogP contribution in [0.4, 0.5) is 0 Å². The van der Waals surface area contributed by atoms with Gasteiger partial charge in [0.15, 0.2) is 0 Å². The minimum absolute atomic E-state index is 0.0242. The number of aryl methyl sites for hydroxylation is 1. The van der Waals surface area contributed by atoms with Gasteiger partial charge >= 0.3 is 0 Å². The van der Waals surface area contributed by atoms with Gasteiger partial charge in [0.05, 0.1) is 18.3 Å². The topological polar surface area (TPSA) is 71.2 Å². The summed E-state index contributed by atoms with van der Waals surface area (Å²) in [6.07, 6.45) is 5.78. The van der Waals surface area contributed by atoms with Crippen molar-refractivity contribution in [2.24, 2.45) is 7.05 Å². The van der Waals surface area contributed by atoms with Crippen molar-refractivity contribution in [1.82, 2.24) is 14.5 Å². The van der Waals surface area contributed by atoms with E-state index in [1.807, 2.05) is 12.1 Å². The smallest absolute Gasteiger partial charge is 0.270 e. The van der Waals surface area contributed by atoms with Crippen LogP contribution in [0.1, 0.15) is 22.5 Å². The van der Waals surface area contributed by atoms with Crippen LogP contribution in [0.5, 0.6) is 5.75 Å². The lowest BCUT2D eigenvalue weighted by molar-refractivity contribution is 0.0763. The Kier molecular flexibility index (Phi) is 3.79. The van der Waals surface area contributed by atoms with Crippen LogP contribution in [0.15, 0.2) is 36.8 Å². The fraction of sp³-hybridized carbons (Fsp3) is 0.312. The Bertz CT molecular complexity index is 717. The van der Waals surface area contributed by atoms with E-state index in [9.17, 15) is 4.79 Å². The van der Waals surface area contributed by atoms with Crippen molar-refractivity contribution in [3.05, 3.63) is 48.0 Å². The zero-order valence-electron chi connectivity index (χ0n) is 12.3.